The number of rotatable bonds is 3. The fourth-order valence-electron chi connectivity index (χ4n) is 1.67. The number of carbonyl (C=O) groups is 1. The predicted octanol–water partition coefficient (Wildman–Crippen LogP) is 1.46. The van der Waals surface area contributed by atoms with E-state index in [1.807, 2.05) is 0 Å². The Labute approximate surface area is 105 Å². The summed E-state index contributed by atoms with van der Waals surface area (Å²) < 4.78 is 25.9. The largest absolute Gasteiger partial charge is 0.315 e. The summed E-state index contributed by atoms with van der Waals surface area (Å²) in [5.41, 5.74) is 0.268. The Bertz CT molecular complexity index is 687. The maximum atomic E-state index is 12.3. The highest BCUT2D eigenvalue weighted by molar-refractivity contribution is 7.91. The Morgan fingerprint density at radius 3 is 2.33 bits per heavy atom. The summed E-state index contributed by atoms with van der Waals surface area (Å²) in [5, 5.41) is -0.126. The van der Waals surface area contributed by atoms with Gasteiger partial charge in [0.1, 0.15) is 5.69 Å². The Kier molecular flexibility index (Phi) is 3.04. The number of carbonyl (C=O) groups excluding carboxylic acids is 1. The number of nitrogens with zero attached hydrogens (tertiary/aromatic N) is 2. The van der Waals surface area contributed by atoms with Crippen molar-refractivity contribution in [2.24, 2.45) is 7.05 Å². The Hall–Kier alpha value is -1.95. The summed E-state index contributed by atoms with van der Waals surface area (Å²) >= 11 is 0. The smallest absolute Gasteiger partial charge is 0.240 e. The van der Waals surface area contributed by atoms with Gasteiger partial charge >= 0.3 is 0 Å². The highest BCUT2D eigenvalue weighted by atomic mass is 32.2. The van der Waals surface area contributed by atoms with Gasteiger partial charge in [0.25, 0.3) is 0 Å². The molecule has 1 aromatic carbocycles. The van der Waals surface area contributed by atoms with Crippen LogP contribution < -0.4 is 0 Å². The second kappa shape index (κ2) is 4.38. The van der Waals surface area contributed by atoms with Crippen LogP contribution in [0.15, 0.2) is 46.6 Å². The van der Waals surface area contributed by atoms with Crippen molar-refractivity contribution in [3.63, 3.8) is 0 Å². The minimum Gasteiger partial charge on any atom is -0.315 e. The number of imidazole rings is 1. The molecule has 0 fully saturated rings. The van der Waals surface area contributed by atoms with Crippen LogP contribution in [-0.4, -0.2) is 23.8 Å². The second-order valence-electron chi connectivity index (χ2n) is 3.86. The highest BCUT2D eigenvalue weighted by Crippen LogP contribution is 2.19. The lowest BCUT2D eigenvalue weighted by atomic mass is 10.3. The van der Waals surface area contributed by atoms with E-state index < -0.39 is 9.84 Å². The lowest BCUT2D eigenvalue weighted by Gasteiger charge is -2.05. The van der Waals surface area contributed by atoms with Crippen LogP contribution in [0.2, 0.25) is 0 Å². The molecular weight excluding hydrogens is 252 g/mol. The summed E-state index contributed by atoms with van der Waals surface area (Å²) in [5.74, 6) is -0.223. The molecular formula is C12H12N2O3S. The molecule has 0 atom stereocenters. The van der Waals surface area contributed by atoms with Crippen molar-refractivity contribution in [3.8, 4) is 0 Å². The van der Waals surface area contributed by atoms with Crippen LogP contribution in [0, 0.1) is 0 Å². The summed E-state index contributed by atoms with van der Waals surface area (Å²) in [4.78, 5) is 15.3. The Morgan fingerprint density at radius 1 is 1.22 bits per heavy atom. The number of sulfone groups is 1. The Balaban J connectivity index is 2.60. The van der Waals surface area contributed by atoms with Gasteiger partial charge in [0.15, 0.2) is 5.78 Å². The standard InChI is InChI=1S/C12H12N2O3S/c1-9(15)11-8-13-12(14(11)2)18(16,17)10-6-4-3-5-7-10/h3-8H,1-2H3. The van der Waals surface area contributed by atoms with Gasteiger partial charge in [0.2, 0.25) is 15.0 Å². The third kappa shape index (κ3) is 1.95. The van der Waals surface area contributed by atoms with Gasteiger partial charge < -0.3 is 4.57 Å². The second-order valence-corrected chi connectivity index (χ2v) is 5.70. The molecule has 0 aliphatic rings. The van der Waals surface area contributed by atoms with E-state index in [4.69, 9.17) is 0 Å². The number of benzene rings is 1. The van der Waals surface area contributed by atoms with Crippen LogP contribution >= 0.6 is 0 Å². The van der Waals surface area contributed by atoms with Crippen molar-refractivity contribution in [2.45, 2.75) is 17.0 Å². The van der Waals surface area contributed by atoms with Crippen LogP contribution in [0.5, 0.6) is 0 Å². The van der Waals surface area contributed by atoms with E-state index in [0.717, 1.165) is 0 Å². The van der Waals surface area contributed by atoms with Crippen LogP contribution in [0.25, 0.3) is 0 Å². The summed E-state index contributed by atoms with van der Waals surface area (Å²) in [6.07, 6.45) is 1.28. The summed E-state index contributed by atoms with van der Waals surface area (Å²) in [6.45, 7) is 1.37. The molecule has 0 bridgehead atoms. The molecule has 0 radical (unpaired) electrons. The number of hydrogen-bond donors (Lipinski definition) is 0. The molecule has 0 spiro atoms. The van der Waals surface area contributed by atoms with Crippen molar-refractivity contribution in [1.29, 1.82) is 0 Å². The first kappa shape index (κ1) is 12.5. The van der Waals surface area contributed by atoms with E-state index in [1.54, 1.807) is 18.2 Å². The molecule has 0 N–H and O–H groups in total. The fraction of sp³-hybridized carbons (Fsp3) is 0.167. The summed E-state index contributed by atoms with van der Waals surface area (Å²) in [7, 11) is -2.17. The topological polar surface area (TPSA) is 69.0 Å². The molecule has 0 saturated carbocycles. The van der Waals surface area contributed by atoms with E-state index >= 15 is 0 Å². The molecule has 0 amide bonds. The van der Waals surface area contributed by atoms with Gasteiger partial charge in [0.05, 0.1) is 11.1 Å². The number of ketones is 1. The van der Waals surface area contributed by atoms with Gasteiger partial charge in [0, 0.05) is 14.0 Å². The lowest BCUT2D eigenvalue weighted by molar-refractivity contribution is 0.100. The molecule has 2 aromatic rings. The maximum absolute atomic E-state index is 12.3. The van der Waals surface area contributed by atoms with Crippen LogP contribution in [0.4, 0.5) is 0 Å². The SMILES string of the molecule is CC(=O)c1cnc(S(=O)(=O)c2ccccc2)n1C. The first-order valence-electron chi connectivity index (χ1n) is 5.27. The summed E-state index contributed by atoms with van der Waals surface area (Å²) in [6, 6.07) is 8.01. The lowest BCUT2D eigenvalue weighted by Crippen LogP contribution is -2.11. The molecule has 1 aromatic heterocycles. The zero-order chi connectivity index (χ0) is 13.3. The molecule has 0 aliphatic heterocycles. The van der Waals surface area contributed by atoms with Crippen molar-refractivity contribution in [1.82, 2.24) is 9.55 Å². The van der Waals surface area contributed by atoms with Crippen molar-refractivity contribution < 1.29 is 13.2 Å². The molecule has 0 unspecified atom stereocenters. The fourth-order valence-corrected chi connectivity index (χ4v) is 3.05. The predicted molar refractivity (Wildman–Crippen MR) is 65.1 cm³/mol. The van der Waals surface area contributed by atoms with Gasteiger partial charge in [-0.25, -0.2) is 13.4 Å². The zero-order valence-electron chi connectivity index (χ0n) is 9.99. The first-order valence-corrected chi connectivity index (χ1v) is 6.75. The molecule has 2 rings (SSSR count). The molecule has 0 aliphatic carbocycles. The van der Waals surface area contributed by atoms with E-state index in [-0.39, 0.29) is 21.5 Å². The van der Waals surface area contributed by atoms with Gasteiger partial charge in [-0.1, -0.05) is 18.2 Å². The Morgan fingerprint density at radius 2 is 1.83 bits per heavy atom. The van der Waals surface area contributed by atoms with Gasteiger partial charge in [-0.15, -0.1) is 0 Å². The number of Topliss-reactive ketones (excluding diaryl/α,β-unsaturated/α-hetero) is 1. The average molecular weight is 264 g/mol. The van der Waals surface area contributed by atoms with Gasteiger partial charge in [-0.2, -0.15) is 0 Å². The molecule has 6 heteroatoms. The van der Waals surface area contributed by atoms with E-state index in [0.29, 0.717) is 0 Å². The normalized spacial score (nSPS) is 11.4. The monoisotopic (exact) mass is 264 g/mol. The number of aromatic nitrogens is 2. The van der Waals surface area contributed by atoms with Gasteiger partial charge in [-0.05, 0) is 12.1 Å². The minimum absolute atomic E-state index is 0.126. The molecule has 0 saturated heterocycles. The molecule has 94 valence electrons. The molecule has 1 heterocycles. The van der Waals surface area contributed by atoms with Crippen LogP contribution in [0.1, 0.15) is 17.4 Å². The third-order valence-electron chi connectivity index (χ3n) is 2.60. The number of hydrogen-bond acceptors (Lipinski definition) is 4. The maximum Gasteiger partial charge on any atom is 0.240 e. The minimum atomic E-state index is -3.68. The van der Waals surface area contributed by atoms with Crippen LogP contribution in [-0.2, 0) is 16.9 Å². The third-order valence-corrected chi connectivity index (χ3v) is 4.35. The van der Waals surface area contributed by atoms with E-state index in [9.17, 15) is 13.2 Å². The highest BCUT2D eigenvalue weighted by Gasteiger charge is 2.24. The van der Waals surface area contributed by atoms with Crippen molar-refractivity contribution in [3.05, 3.63) is 42.2 Å². The molecule has 18 heavy (non-hydrogen) atoms. The molecule has 5 nitrogen and oxygen atoms in total. The first-order chi connectivity index (χ1) is 8.44. The van der Waals surface area contributed by atoms with Crippen molar-refractivity contribution >= 4 is 15.6 Å². The van der Waals surface area contributed by atoms with E-state index in [2.05, 4.69) is 4.98 Å². The van der Waals surface area contributed by atoms with Crippen molar-refractivity contribution in [2.75, 3.05) is 0 Å². The average Bonchev–Trinajstić information content (AvgIpc) is 2.73. The quantitative estimate of drug-likeness (QED) is 0.787. The zero-order valence-corrected chi connectivity index (χ0v) is 10.8. The van der Waals surface area contributed by atoms with Gasteiger partial charge in [-0.3, -0.25) is 4.79 Å². The van der Waals surface area contributed by atoms with Crippen LogP contribution in [0.3, 0.4) is 0 Å². The van der Waals surface area contributed by atoms with E-state index in [1.165, 1.54) is 36.9 Å².